The highest BCUT2D eigenvalue weighted by atomic mass is 19.1. The normalized spacial score (nSPS) is 18.5. The molecular formula is C14H20FN3O. The molecule has 0 aromatic heterocycles. The number of anilines is 1. The van der Waals surface area contributed by atoms with Crippen LogP contribution in [0.25, 0.3) is 0 Å². The topological polar surface area (TPSA) is 58.4 Å². The number of nitrogens with zero attached hydrogens (tertiary/aromatic N) is 1. The van der Waals surface area contributed by atoms with E-state index in [1.165, 1.54) is 6.07 Å². The van der Waals surface area contributed by atoms with Crippen molar-refractivity contribution in [3.63, 3.8) is 0 Å². The molecule has 0 radical (unpaired) electrons. The Morgan fingerprint density at radius 1 is 1.58 bits per heavy atom. The molecule has 1 saturated heterocycles. The van der Waals surface area contributed by atoms with Gasteiger partial charge in [-0.15, -0.1) is 0 Å². The van der Waals surface area contributed by atoms with E-state index in [9.17, 15) is 9.18 Å². The summed E-state index contributed by atoms with van der Waals surface area (Å²) in [6.45, 7) is 4.66. The zero-order valence-corrected chi connectivity index (χ0v) is 11.2. The van der Waals surface area contributed by atoms with E-state index in [0.717, 1.165) is 32.5 Å². The molecule has 19 heavy (non-hydrogen) atoms. The average Bonchev–Trinajstić information content (AvgIpc) is 2.88. The van der Waals surface area contributed by atoms with E-state index in [2.05, 4.69) is 17.1 Å². The van der Waals surface area contributed by atoms with Crippen molar-refractivity contribution < 1.29 is 9.18 Å². The van der Waals surface area contributed by atoms with E-state index in [4.69, 9.17) is 5.73 Å². The van der Waals surface area contributed by atoms with Crippen LogP contribution in [0.2, 0.25) is 0 Å². The number of nitrogens with two attached hydrogens (primary N) is 1. The molecule has 1 aromatic carbocycles. The number of hydrogen-bond acceptors (Lipinski definition) is 3. The lowest BCUT2D eigenvalue weighted by molar-refractivity contribution is 0.0997. The molecule has 5 heteroatoms. The summed E-state index contributed by atoms with van der Waals surface area (Å²) in [5, 5.41) is 3.29. The smallest absolute Gasteiger partial charge is 0.253 e. The minimum absolute atomic E-state index is 0.00264. The first-order chi connectivity index (χ1) is 9.15. The maximum Gasteiger partial charge on any atom is 0.253 e. The van der Waals surface area contributed by atoms with Crippen LogP contribution in [0.4, 0.5) is 10.1 Å². The predicted octanol–water partition coefficient (Wildman–Crippen LogP) is 1.50. The van der Waals surface area contributed by atoms with Gasteiger partial charge in [0, 0.05) is 19.1 Å². The lowest BCUT2D eigenvalue weighted by atomic mass is 10.1. The second kappa shape index (κ2) is 6.02. The molecule has 1 aromatic rings. The van der Waals surface area contributed by atoms with E-state index in [1.807, 2.05) is 0 Å². The summed E-state index contributed by atoms with van der Waals surface area (Å²) < 4.78 is 13.8. The fourth-order valence-corrected chi connectivity index (χ4v) is 2.64. The first-order valence-corrected chi connectivity index (χ1v) is 6.70. The lowest BCUT2D eigenvalue weighted by Gasteiger charge is -2.31. The summed E-state index contributed by atoms with van der Waals surface area (Å²) in [6, 6.07) is 4.97. The maximum atomic E-state index is 13.8. The third-order valence-electron chi connectivity index (χ3n) is 3.49. The molecule has 1 amide bonds. The van der Waals surface area contributed by atoms with Crippen LogP contribution in [-0.4, -0.2) is 31.6 Å². The Balaban J connectivity index is 2.40. The quantitative estimate of drug-likeness (QED) is 0.848. The molecule has 1 fully saturated rings. The molecule has 104 valence electrons. The first-order valence-electron chi connectivity index (χ1n) is 6.70. The van der Waals surface area contributed by atoms with Gasteiger partial charge in [-0.25, -0.2) is 4.39 Å². The van der Waals surface area contributed by atoms with Crippen LogP contribution in [0.15, 0.2) is 18.2 Å². The number of nitrogens with one attached hydrogen (secondary N) is 1. The van der Waals surface area contributed by atoms with Crippen LogP contribution in [-0.2, 0) is 0 Å². The Kier molecular flexibility index (Phi) is 4.37. The van der Waals surface area contributed by atoms with Crippen molar-refractivity contribution in [2.75, 3.05) is 24.5 Å². The zero-order valence-electron chi connectivity index (χ0n) is 11.2. The van der Waals surface area contributed by atoms with Gasteiger partial charge in [0.2, 0.25) is 0 Å². The molecule has 1 atom stereocenters. The molecule has 2 rings (SSSR count). The third kappa shape index (κ3) is 2.87. The lowest BCUT2D eigenvalue weighted by Crippen LogP contribution is -2.39. The van der Waals surface area contributed by atoms with Gasteiger partial charge in [-0.05, 0) is 31.5 Å². The van der Waals surface area contributed by atoms with Crippen LogP contribution in [0.3, 0.4) is 0 Å². The van der Waals surface area contributed by atoms with Crippen molar-refractivity contribution in [3.8, 4) is 0 Å². The SMILES string of the molecule is CCCN(c1cccc(F)c1C(N)=O)C1CCNC1. The van der Waals surface area contributed by atoms with Gasteiger partial charge in [-0.2, -0.15) is 0 Å². The van der Waals surface area contributed by atoms with E-state index in [-0.39, 0.29) is 5.56 Å². The van der Waals surface area contributed by atoms with Crippen molar-refractivity contribution in [2.45, 2.75) is 25.8 Å². The molecule has 1 heterocycles. The summed E-state index contributed by atoms with van der Waals surface area (Å²) in [4.78, 5) is 13.6. The monoisotopic (exact) mass is 265 g/mol. The Hall–Kier alpha value is -1.62. The fraction of sp³-hybridized carbons (Fsp3) is 0.500. The Labute approximate surface area is 112 Å². The van der Waals surface area contributed by atoms with Crippen LogP contribution in [0.5, 0.6) is 0 Å². The summed E-state index contributed by atoms with van der Waals surface area (Å²) >= 11 is 0. The maximum absolute atomic E-state index is 13.8. The molecule has 0 bridgehead atoms. The van der Waals surface area contributed by atoms with Crippen molar-refractivity contribution in [3.05, 3.63) is 29.6 Å². The van der Waals surface area contributed by atoms with Gasteiger partial charge in [-0.1, -0.05) is 13.0 Å². The molecule has 1 aliphatic heterocycles. The largest absolute Gasteiger partial charge is 0.366 e. The molecule has 0 spiro atoms. The van der Waals surface area contributed by atoms with Gasteiger partial charge in [-0.3, -0.25) is 4.79 Å². The van der Waals surface area contributed by atoms with E-state index in [1.54, 1.807) is 12.1 Å². The highest BCUT2D eigenvalue weighted by Gasteiger charge is 2.26. The molecule has 3 N–H and O–H groups in total. The van der Waals surface area contributed by atoms with Crippen LogP contribution >= 0.6 is 0 Å². The molecule has 1 aliphatic rings. The summed E-state index contributed by atoms with van der Waals surface area (Å²) in [5.41, 5.74) is 5.94. The number of benzene rings is 1. The van der Waals surface area contributed by atoms with Crippen LogP contribution in [0, 0.1) is 5.82 Å². The minimum Gasteiger partial charge on any atom is -0.366 e. The predicted molar refractivity (Wildman–Crippen MR) is 73.8 cm³/mol. The number of halogens is 1. The van der Waals surface area contributed by atoms with Crippen molar-refractivity contribution in [1.29, 1.82) is 0 Å². The zero-order chi connectivity index (χ0) is 13.8. The molecular weight excluding hydrogens is 245 g/mol. The Morgan fingerprint density at radius 3 is 2.95 bits per heavy atom. The molecule has 1 unspecified atom stereocenters. The number of carbonyl (C=O) groups excluding carboxylic acids is 1. The van der Waals surface area contributed by atoms with E-state index in [0.29, 0.717) is 11.7 Å². The minimum atomic E-state index is -0.708. The highest BCUT2D eigenvalue weighted by molar-refractivity contribution is 5.99. The van der Waals surface area contributed by atoms with Crippen molar-refractivity contribution in [1.82, 2.24) is 5.32 Å². The Morgan fingerprint density at radius 2 is 2.37 bits per heavy atom. The van der Waals surface area contributed by atoms with Crippen LogP contribution < -0.4 is 16.0 Å². The molecule has 4 nitrogen and oxygen atoms in total. The summed E-state index contributed by atoms with van der Waals surface area (Å²) in [7, 11) is 0. The standard InChI is InChI=1S/C14H20FN3O/c1-2-8-18(10-6-7-17-9-10)12-5-3-4-11(15)13(12)14(16)19/h3-5,10,17H,2,6-9H2,1H3,(H2,16,19). The number of amides is 1. The van der Waals surface area contributed by atoms with Gasteiger partial charge >= 0.3 is 0 Å². The number of rotatable bonds is 5. The third-order valence-corrected chi connectivity index (χ3v) is 3.49. The average molecular weight is 265 g/mol. The first kappa shape index (κ1) is 13.8. The summed E-state index contributed by atoms with van der Waals surface area (Å²) in [5.74, 6) is -1.25. The van der Waals surface area contributed by atoms with Crippen molar-refractivity contribution >= 4 is 11.6 Å². The Bertz CT molecular complexity index is 458. The highest BCUT2D eigenvalue weighted by Crippen LogP contribution is 2.26. The van der Waals surface area contributed by atoms with Gasteiger partial charge in [0.05, 0.1) is 11.3 Å². The molecule has 0 saturated carbocycles. The number of primary amides is 1. The second-order valence-electron chi connectivity index (χ2n) is 4.84. The second-order valence-corrected chi connectivity index (χ2v) is 4.84. The fourth-order valence-electron chi connectivity index (χ4n) is 2.64. The van der Waals surface area contributed by atoms with Gasteiger partial charge in [0.15, 0.2) is 0 Å². The number of carbonyl (C=O) groups is 1. The van der Waals surface area contributed by atoms with Gasteiger partial charge < -0.3 is 16.0 Å². The summed E-state index contributed by atoms with van der Waals surface area (Å²) in [6.07, 6.45) is 1.93. The van der Waals surface area contributed by atoms with E-state index < -0.39 is 11.7 Å². The van der Waals surface area contributed by atoms with E-state index >= 15 is 0 Å². The van der Waals surface area contributed by atoms with Crippen LogP contribution in [0.1, 0.15) is 30.1 Å². The van der Waals surface area contributed by atoms with Gasteiger partial charge in [0.25, 0.3) is 5.91 Å². The molecule has 0 aliphatic carbocycles. The van der Waals surface area contributed by atoms with Gasteiger partial charge in [0.1, 0.15) is 5.82 Å². The van der Waals surface area contributed by atoms with Crippen molar-refractivity contribution in [2.24, 2.45) is 5.73 Å². The number of hydrogen-bond donors (Lipinski definition) is 2.